The molecular weight excluding hydrogens is 695 g/mol. The lowest BCUT2D eigenvalue weighted by atomic mass is 9.92. The lowest BCUT2D eigenvalue weighted by molar-refractivity contribution is -0.155. The van der Waals surface area contributed by atoms with Crippen molar-refractivity contribution < 1.29 is 33.8 Å². The summed E-state index contributed by atoms with van der Waals surface area (Å²) in [6, 6.07) is 7.68. The number of hydrogen-bond donors (Lipinski definition) is 3. The van der Waals surface area contributed by atoms with Crippen LogP contribution in [0.3, 0.4) is 0 Å². The molecule has 0 aliphatic carbocycles. The molecular formula is C40H61N5O7S. The summed E-state index contributed by atoms with van der Waals surface area (Å²) < 4.78 is 6.02. The van der Waals surface area contributed by atoms with Crippen LogP contribution in [0.2, 0.25) is 0 Å². The summed E-state index contributed by atoms with van der Waals surface area (Å²) in [5.74, 6) is -3.45. The Labute approximate surface area is 319 Å². The number of carbonyl (C=O) groups is 5. The third-order valence-corrected chi connectivity index (χ3v) is 11.3. The summed E-state index contributed by atoms with van der Waals surface area (Å²) in [4.78, 5) is 74.4. The minimum absolute atomic E-state index is 0.0559. The second-order valence-corrected chi connectivity index (χ2v) is 16.2. The van der Waals surface area contributed by atoms with Gasteiger partial charge in [0.25, 0.3) is 5.91 Å². The van der Waals surface area contributed by atoms with Crippen molar-refractivity contribution in [1.29, 1.82) is 0 Å². The maximum Gasteiger partial charge on any atom is 0.309 e. The van der Waals surface area contributed by atoms with Gasteiger partial charge in [0.15, 0.2) is 6.10 Å². The summed E-state index contributed by atoms with van der Waals surface area (Å²) >= 11 is 1.19. The Morgan fingerprint density at radius 2 is 1.70 bits per heavy atom. The van der Waals surface area contributed by atoms with E-state index in [2.05, 4.69) is 15.6 Å². The summed E-state index contributed by atoms with van der Waals surface area (Å²) in [5, 5.41) is 17.7. The van der Waals surface area contributed by atoms with Gasteiger partial charge in [-0.3, -0.25) is 28.9 Å². The van der Waals surface area contributed by atoms with Gasteiger partial charge in [0.05, 0.1) is 17.9 Å². The Balaban J connectivity index is 1.86. The number of nitrogens with zero attached hydrogens (tertiary/aromatic N) is 3. The number of amides is 3. The van der Waals surface area contributed by atoms with E-state index >= 15 is 0 Å². The van der Waals surface area contributed by atoms with Crippen LogP contribution in [0.1, 0.15) is 114 Å². The van der Waals surface area contributed by atoms with Gasteiger partial charge in [0.2, 0.25) is 11.8 Å². The monoisotopic (exact) mass is 755 g/mol. The van der Waals surface area contributed by atoms with E-state index in [1.165, 1.54) is 11.3 Å². The summed E-state index contributed by atoms with van der Waals surface area (Å²) in [6.07, 6.45) is 3.51. The van der Waals surface area contributed by atoms with Gasteiger partial charge in [-0.15, -0.1) is 11.3 Å². The predicted octanol–water partition coefficient (Wildman–Crippen LogP) is 5.72. The van der Waals surface area contributed by atoms with Gasteiger partial charge in [0.1, 0.15) is 16.7 Å². The van der Waals surface area contributed by atoms with Gasteiger partial charge in [-0.2, -0.15) is 0 Å². The van der Waals surface area contributed by atoms with Crippen molar-refractivity contribution in [1.82, 2.24) is 25.4 Å². The number of hydrogen-bond acceptors (Lipinski definition) is 9. The van der Waals surface area contributed by atoms with Crippen LogP contribution >= 0.6 is 11.3 Å². The van der Waals surface area contributed by atoms with E-state index < -0.39 is 53.9 Å². The van der Waals surface area contributed by atoms with E-state index in [4.69, 9.17) is 4.74 Å². The number of nitrogens with one attached hydrogen (secondary N) is 2. The minimum atomic E-state index is -0.944. The zero-order valence-corrected chi connectivity index (χ0v) is 33.8. The normalized spacial score (nSPS) is 18.4. The van der Waals surface area contributed by atoms with Crippen molar-refractivity contribution in [2.45, 2.75) is 124 Å². The molecule has 3 rings (SSSR count). The van der Waals surface area contributed by atoms with E-state index in [0.29, 0.717) is 17.8 Å². The quantitative estimate of drug-likeness (QED) is 0.153. The van der Waals surface area contributed by atoms with Gasteiger partial charge in [-0.1, -0.05) is 91.6 Å². The Hall–Kier alpha value is -3.84. The van der Waals surface area contributed by atoms with Gasteiger partial charge in [-0.25, -0.2) is 4.98 Å². The standard InChI is InChI=1S/C40H61N5O7S/c1-10-26(6)34(43-36(47)31-18-14-15-19-44(31)8)38(48)45(9)32(24(2)3)22-33(52-40(51)25(4)5)37-42-30(23-53-37)35(46)41-29(20-27(7)39(49)50)21-28-16-12-11-13-17-28/h11-13,16-17,23-27,29,31-34H,10,14-15,18-22H2,1-9H3,(H,41,46)(H,43,47)(H,49,50)/t26-,27?,29?,31+,32+,33+,34-/m0/s1. The van der Waals surface area contributed by atoms with E-state index in [9.17, 15) is 29.1 Å². The third-order valence-electron chi connectivity index (χ3n) is 10.4. The first-order valence-corrected chi connectivity index (χ1v) is 19.9. The summed E-state index contributed by atoms with van der Waals surface area (Å²) in [5.41, 5.74) is 1.10. The molecule has 1 aromatic carbocycles. The molecule has 12 nitrogen and oxygen atoms in total. The van der Waals surface area contributed by atoms with Crippen LogP contribution in [0, 0.1) is 23.7 Å². The van der Waals surface area contributed by atoms with Crippen molar-refractivity contribution in [3.05, 3.63) is 52.0 Å². The summed E-state index contributed by atoms with van der Waals surface area (Å²) in [6.45, 7) is 13.9. The molecule has 1 aromatic heterocycles. The van der Waals surface area contributed by atoms with Crippen LogP contribution < -0.4 is 10.6 Å². The first kappa shape index (κ1) is 43.6. The fraction of sp³-hybridized carbons (Fsp3) is 0.650. The van der Waals surface area contributed by atoms with Crippen LogP contribution in [-0.2, 0) is 30.3 Å². The van der Waals surface area contributed by atoms with Crippen LogP contribution in [0.15, 0.2) is 35.7 Å². The van der Waals surface area contributed by atoms with Crippen molar-refractivity contribution in [3.8, 4) is 0 Å². The Kier molecular flexibility index (Phi) is 16.9. The zero-order valence-electron chi connectivity index (χ0n) is 33.0. The van der Waals surface area contributed by atoms with E-state index in [1.807, 2.05) is 70.0 Å². The first-order valence-electron chi connectivity index (χ1n) is 19.0. The highest BCUT2D eigenvalue weighted by Gasteiger charge is 2.37. The van der Waals surface area contributed by atoms with Crippen LogP contribution in [0.5, 0.6) is 0 Å². The summed E-state index contributed by atoms with van der Waals surface area (Å²) in [7, 11) is 3.67. The smallest absolute Gasteiger partial charge is 0.309 e. The van der Waals surface area contributed by atoms with Crippen molar-refractivity contribution in [2.24, 2.45) is 23.7 Å². The van der Waals surface area contributed by atoms with Gasteiger partial charge >= 0.3 is 11.9 Å². The molecule has 1 aliphatic rings. The maximum absolute atomic E-state index is 14.3. The zero-order chi connectivity index (χ0) is 39.4. The molecule has 1 fully saturated rings. The molecule has 13 heteroatoms. The maximum atomic E-state index is 14.3. The molecule has 53 heavy (non-hydrogen) atoms. The molecule has 294 valence electrons. The number of benzene rings is 1. The molecule has 1 aliphatic heterocycles. The number of rotatable bonds is 19. The molecule has 2 heterocycles. The number of carbonyl (C=O) groups excluding carboxylic acids is 4. The molecule has 3 amide bonds. The number of likely N-dealkylation sites (N-methyl/N-ethyl adjacent to an activating group) is 2. The number of aliphatic carboxylic acids is 1. The topological polar surface area (TPSA) is 158 Å². The number of carboxylic acid groups (broad SMARTS) is 1. The average Bonchev–Trinajstić information content (AvgIpc) is 3.62. The predicted molar refractivity (Wildman–Crippen MR) is 206 cm³/mol. The molecule has 7 atom stereocenters. The number of likely N-dealkylation sites (tertiary alicyclic amines) is 1. The number of esters is 1. The van der Waals surface area contributed by atoms with E-state index in [-0.39, 0.29) is 48.2 Å². The Bertz CT molecular complexity index is 1520. The number of carboxylic acids is 1. The Morgan fingerprint density at radius 3 is 2.28 bits per heavy atom. The van der Waals surface area contributed by atoms with Gasteiger partial charge < -0.3 is 25.4 Å². The lowest BCUT2D eigenvalue weighted by Crippen LogP contribution is -2.58. The van der Waals surface area contributed by atoms with E-state index in [0.717, 1.165) is 31.4 Å². The second kappa shape index (κ2) is 20.6. The second-order valence-electron chi connectivity index (χ2n) is 15.3. The molecule has 0 saturated carbocycles. The number of ether oxygens (including phenoxy) is 1. The van der Waals surface area contributed by atoms with Crippen molar-refractivity contribution in [2.75, 3.05) is 20.6 Å². The van der Waals surface area contributed by atoms with Crippen molar-refractivity contribution in [3.63, 3.8) is 0 Å². The largest absolute Gasteiger partial charge is 0.481 e. The van der Waals surface area contributed by atoms with Crippen molar-refractivity contribution >= 4 is 41.0 Å². The number of thiazole rings is 1. The first-order chi connectivity index (χ1) is 25.0. The highest BCUT2D eigenvalue weighted by molar-refractivity contribution is 7.09. The highest BCUT2D eigenvalue weighted by Crippen LogP contribution is 2.32. The number of piperidine rings is 1. The molecule has 0 spiro atoms. The van der Waals surface area contributed by atoms with Crippen LogP contribution in [0.4, 0.5) is 0 Å². The molecule has 0 radical (unpaired) electrons. The Morgan fingerprint density at radius 1 is 1.02 bits per heavy atom. The molecule has 3 N–H and O–H groups in total. The number of aromatic nitrogens is 1. The van der Waals surface area contributed by atoms with E-state index in [1.54, 1.807) is 38.1 Å². The SMILES string of the molecule is CC[C@H](C)[C@H](NC(=O)[C@H]1CCCCN1C)C(=O)N(C)[C@H](C[C@@H](OC(=O)C(C)C)c1nc(C(=O)NC(Cc2ccccc2)CC(C)C(=O)O)cs1)C(C)C. The molecule has 0 bridgehead atoms. The van der Waals surface area contributed by atoms with Crippen LogP contribution in [0.25, 0.3) is 0 Å². The molecule has 2 unspecified atom stereocenters. The fourth-order valence-corrected chi connectivity index (χ4v) is 7.55. The third kappa shape index (κ3) is 12.6. The van der Waals surface area contributed by atoms with Crippen LogP contribution in [-0.4, -0.2) is 94.4 Å². The lowest BCUT2D eigenvalue weighted by Gasteiger charge is -2.38. The molecule has 1 saturated heterocycles. The highest BCUT2D eigenvalue weighted by atomic mass is 32.1. The fourth-order valence-electron chi connectivity index (χ4n) is 6.71. The minimum Gasteiger partial charge on any atom is -0.481 e. The van der Waals surface area contributed by atoms with Gasteiger partial charge in [-0.05, 0) is 56.7 Å². The average molecular weight is 756 g/mol. The van der Waals surface area contributed by atoms with Gasteiger partial charge in [0, 0.05) is 30.9 Å². The molecule has 2 aromatic rings.